The predicted molar refractivity (Wildman–Crippen MR) is 78.2 cm³/mol. The van der Waals surface area contributed by atoms with Crippen LogP contribution in [0.5, 0.6) is 0 Å². The Morgan fingerprint density at radius 3 is 2.37 bits per heavy atom. The second-order valence-electron chi connectivity index (χ2n) is 4.15. The van der Waals surface area contributed by atoms with Crippen LogP contribution in [0, 0.1) is 11.3 Å². The van der Waals surface area contributed by atoms with Gasteiger partial charge in [0.15, 0.2) is 0 Å². The van der Waals surface area contributed by atoms with Crippen molar-refractivity contribution in [3.8, 4) is 6.07 Å². The summed E-state index contributed by atoms with van der Waals surface area (Å²) in [7, 11) is 0. The SMILES string of the molecule is N#Cc1ccc(CNCc2ccc(Cl)cc2Cl)cc1. The molecule has 0 bridgehead atoms. The molecule has 0 amide bonds. The molecule has 0 radical (unpaired) electrons. The summed E-state index contributed by atoms with van der Waals surface area (Å²) >= 11 is 11.9. The van der Waals surface area contributed by atoms with Crippen molar-refractivity contribution in [2.75, 3.05) is 0 Å². The van der Waals surface area contributed by atoms with Crippen molar-refractivity contribution in [3.63, 3.8) is 0 Å². The van der Waals surface area contributed by atoms with E-state index in [-0.39, 0.29) is 0 Å². The first-order chi connectivity index (χ1) is 9.19. The lowest BCUT2D eigenvalue weighted by atomic mass is 10.1. The van der Waals surface area contributed by atoms with Crippen LogP contribution >= 0.6 is 23.2 Å². The smallest absolute Gasteiger partial charge is 0.0991 e. The van der Waals surface area contributed by atoms with Gasteiger partial charge in [-0.05, 0) is 35.4 Å². The molecule has 0 saturated carbocycles. The molecule has 0 fully saturated rings. The lowest BCUT2D eigenvalue weighted by Gasteiger charge is -2.07. The van der Waals surface area contributed by atoms with Crippen LogP contribution in [0.3, 0.4) is 0 Å². The largest absolute Gasteiger partial charge is 0.309 e. The lowest BCUT2D eigenvalue weighted by Crippen LogP contribution is -2.12. The molecule has 0 unspecified atom stereocenters. The molecule has 0 aliphatic rings. The summed E-state index contributed by atoms with van der Waals surface area (Å²) in [6, 6.07) is 15.1. The van der Waals surface area contributed by atoms with Crippen LogP contribution in [-0.2, 0) is 13.1 Å². The molecule has 0 spiro atoms. The zero-order valence-electron chi connectivity index (χ0n) is 10.2. The highest BCUT2D eigenvalue weighted by atomic mass is 35.5. The molecule has 96 valence electrons. The number of nitrogens with zero attached hydrogens (tertiary/aromatic N) is 1. The second kappa shape index (κ2) is 6.58. The summed E-state index contributed by atoms with van der Waals surface area (Å²) in [5.74, 6) is 0. The second-order valence-corrected chi connectivity index (χ2v) is 4.99. The number of halogens is 2. The first-order valence-corrected chi connectivity index (χ1v) is 6.58. The van der Waals surface area contributed by atoms with E-state index in [1.54, 1.807) is 6.07 Å². The summed E-state index contributed by atoms with van der Waals surface area (Å²) in [4.78, 5) is 0. The van der Waals surface area contributed by atoms with E-state index in [1.807, 2.05) is 36.4 Å². The van der Waals surface area contributed by atoms with E-state index in [4.69, 9.17) is 28.5 Å². The molecule has 4 heteroatoms. The van der Waals surface area contributed by atoms with Crippen LogP contribution in [0.25, 0.3) is 0 Å². The Hall–Kier alpha value is -1.53. The fourth-order valence-electron chi connectivity index (χ4n) is 1.70. The zero-order chi connectivity index (χ0) is 13.7. The minimum absolute atomic E-state index is 0.640. The van der Waals surface area contributed by atoms with E-state index >= 15 is 0 Å². The molecule has 2 rings (SSSR count). The van der Waals surface area contributed by atoms with Crippen molar-refractivity contribution < 1.29 is 0 Å². The molecule has 1 N–H and O–H groups in total. The summed E-state index contributed by atoms with van der Waals surface area (Å²) in [6.45, 7) is 1.40. The van der Waals surface area contributed by atoms with Gasteiger partial charge in [-0.25, -0.2) is 0 Å². The van der Waals surface area contributed by atoms with E-state index in [9.17, 15) is 0 Å². The van der Waals surface area contributed by atoms with E-state index < -0.39 is 0 Å². The highest BCUT2D eigenvalue weighted by Gasteiger charge is 2.01. The molecule has 19 heavy (non-hydrogen) atoms. The van der Waals surface area contributed by atoms with Crippen LogP contribution in [0.1, 0.15) is 16.7 Å². The Bertz CT molecular complexity index is 601. The average molecular weight is 291 g/mol. The van der Waals surface area contributed by atoms with Gasteiger partial charge in [0, 0.05) is 23.1 Å². The van der Waals surface area contributed by atoms with Gasteiger partial charge in [0.25, 0.3) is 0 Å². The molecule has 2 nitrogen and oxygen atoms in total. The van der Waals surface area contributed by atoms with Gasteiger partial charge in [0.2, 0.25) is 0 Å². The molecule has 0 heterocycles. The highest BCUT2D eigenvalue weighted by Crippen LogP contribution is 2.20. The molecule has 2 aromatic rings. The van der Waals surface area contributed by atoms with Crippen molar-refractivity contribution in [1.82, 2.24) is 5.32 Å². The summed E-state index contributed by atoms with van der Waals surface area (Å²) in [5, 5.41) is 13.3. The van der Waals surface area contributed by atoms with Crippen molar-refractivity contribution in [2.24, 2.45) is 0 Å². The van der Waals surface area contributed by atoms with Crippen molar-refractivity contribution in [2.45, 2.75) is 13.1 Å². The van der Waals surface area contributed by atoms with Crippen molar-refractivity contribution >= 4 is 23.2 Å². The molecule has 2 aromatic carbocycles. The number of hydrogen-bond acceptors (Lipinski definition) is 2. The van der Waals surface area contributed by atoms with E-state index in [1.165, 1.54) is 0 Å². The predicted octanol–water partition coefficient (Wildman–Crippen LogP) is 4.15. The van der Waals surface area contributed by atoms with E-state index in [2.05, 4.69) is 11.4 Å². The van der Waals surface area contributed by atoms with Crippen LogP contribution in [0.15, 0.2) is 42.5 Å². The number of nitriles is 1. The number of rotatable bonds is 4. The first-order valence-electron chi connectivity index (χ1n) is 5.83. The number of nitrogens with one attached hydrogen (secondary N) is 1. The third-order valence-corrected chi connectivity index (χ3v) is 3.33. The Morgan fingerprint density at radius 2 is 1.74 bits per heavy atom. The lowest BCUT2D eigenvalue weighted by molar-refractivity contribution is 0.693. The van der Waals surface area contributed by atoms with Crippen molar-refractivity contribution in [3.05, 3.63) is 69.2 Å². The van der Waals surface area contributed by atoms with Gasteiger partial charge in [-0.1, -0.05) is 41.4 Å². The van der Waals surface area contributed by atoms with Gasteiger partial charge >= 0.3 is 0 Å². The number of hydrogen-bond donors (Lipinski definition) is 1. The Morgan fingerprint density at radius 1 is 1.00 bits per heavy atom. The van der Waals surface area contributed by atoms with Crippen LogP contribution in [-0.4, -0.2) is 0 Å². The third-order valence-electron chi connectivity index (χ3n) is 2.74. The monoisotopic (exact) mass is 290 g/mol. The normalized spacial score (nSPS) is 10.2. The summed E-state index contributed by atoms with van der Waals surface area (Å²) in [6.07, 6.45) is 0. The molecule has 0 aliphatic heterocycles. The van der Waals surface area contributed by atoms with Gasteiger partial charge in [-0.2, -0.15) is 5.26 Å². The summed E-state index contributed by atoms with van der Waals surface area (Å²) in [5.41, 5.74) is 2.81. The topological polar surface area (TPSA) is 35.8 Å². The molecular weight excluding hydrogens is 279 g/mol. The molecular formula is C15H12Cl2N2. The molecule has 0 aromatic heterocycles. The summed E-state index contributed by atoms with van der Waals surface area (Å²) < 4.78 is 0. The minimum Gasteiger partial charge on any atom is -0.309 e. The molecule has 0 atom stereocenters. The van der Waals surface area contributed by atoms with Gasteiger partial charge in [-0.3, -0.25) is 0 Å². The molecule has 0 saturated heterocycles. The standard InChI is InChI=1S/C15H12Cl2N2/c16-14-6-5-13(15(17)7-14)10-19-9-12-3-1-11(8-18)2-4-12/h1-7,19H,9-10H2. The third kappa shape index (κ3) is 3.97. The first kappa shape index (κ1) is 13.9. The van der Waals surface area contributed by atoms with Crippen molar-refractivity contribution in [1.29, 1.82) is 5.26 Å². The molecule has 0 aliphatic carbocycles. The van der Waals surface area contributed by atoms with Crippen LogP contribution in [0.4, 0.5) is 0 Å². The fourth-order valence-corrected chi connectivity index (χ4v) is 2.18. The van der Waals surface area contributed by atoms with Gasteiger partial charge in [0.05, 0.1) is 11.6 Å². The fraction of sp³-hybridized carbons (Fsp3) is 0.133. The quantitative estimate of drug-likeness (QED) is 0.918. The average Bonchev–Trinajstić information content (AvgIpc) is 2.42. The van der Waals surface area contributed by atoms with E-state index in [0.717, 1.165) is 17.7 Å². The van der Waals surface area contributed by atoms with Crippen LogP contribution < -0.4 is 5.32 Å². The van der Waals surface area contributed by atoms with E-state index in [0.29, 0.717) is 22.2 Å². The Kier molecular flexibility index (Phi) is 4.81. The maximum absolute atomic E-state index is 8.72. The number of benzene rings is 2. The maximum atomic E-state index is 8.72. The van der Waals surface area contributed by atoms with Gasteiger partial charge in [-0.15, -0.1) is 0 Å². The van der Waals surface area contributed by atoms with Gasteiger partial charge < -0.3 is 5.32 Å². The Labute approximate surface area is 122 Å². The zero-order valence-corrected chi connectivity index (χ0v) is 11.7. The Balaban J connectivity index is 1.91. The maximum Gasteiger partial charge on any atom is 0.0991 e. The highest BCUT2D eigenvalue weighted by molar-refractivity contribution is 6.35. The van der Waals surface area contributed by atoms with Crippen LogP contribution in [0.2, 0.25) is 10.0 Å². The minimum atomic E-state index is 0.640. The van der Waals surface area contributed by atoms with Gasteiger partial charge in [0.1, 0.15) is 0 Å².